The molecule has 10 aromatic carbocycles. The van der Waals surface area contributed by atoms with Crippen LogP contribution in [0.3, 0.4) is 0 Å². The van der Waals surface area contributed by atoms with Crippen molar-refractivity contribution in [2.45, 2.75) is 26.2 Å². The maximum Gasteiger partial charge on any atom is 0.143 e. The zero-order valence-corrected chi connectivity index (χ0v) is 35.3. The number of furan rings is 2. The van der Waals surface area contributed by atoms with Crippen molar-refractivity contribution in [2.75, 3.05) is 4.90 Å². The van der Waals surface area contributed by atoms with E-state index in [0.717, 1.165) is 72.1 Å². The van der Waals surface area contributed by atoms with Crippen molar-refractivity contribution in [1.82, 2.24) is 0 Å². The van der Waals surface area contributed by atoms with Crippen LogP contribution < -0.4 is 4.90 Å². The first-order valence-corrected chi connectivity index (χ1v) is 22.1. The predicted molar refractivity (Wildman–Crippen MR) is 265 cm³/mol. The minimum atomic E-state index is 0.0856. The number of para-hydroxylation sites is 2. The highest BCUT2D eigenvalue weighted by Gasteiger charge is 2.21. The van der Waals surface area contributed by atoms with E-state index in [4.69, 9.17) is 8.83 Å². The predicted octanol–water partition coefficient (Wildman–Crippen LogP) is 17.7. The fraction of sp³-hybridized carbons (Fsp3) is 0.0690. The molecule has 13 rings (SSSR count). The molecule has 0 saturated carbocycles. The van der Waals surface area contributed by atoms with Gasteiger partial charge in [-0.05, 0) is 116 Å². The monoisotopic (exact) mass is 813 g/mol. The first-order valence-electron chi connectivity index (χ1n) is 21.3. The Hall–Kier alpha value is -7.40. The molecule has 0 atom stereocenters. The van der Waals surface area contributed by atoms with Crippen LogP contribution in [-0.4, -0.2) is 0 Å². The standard InChI is InChI=1S/C58H39NO2S/c1-58(2,3)35-21-19-34(20-22-35)39-16-10-17-46-50-30-37(25-28-54(50)61-57(39)46)59(36-24-27-53-49(29-36)44-15-8-9-18-52(44)60-53)38-23-26-45-51-32-47-42-13-6-4-11-40(42)41-12-5-7-14-43(41)48(47)33-56(51)62-55(45)31-38/h4-33H,1-3H3. The van der Waals surface area contributed by atoms with Gasteiger partial charge in [0, 0.05) is 64.3 Å². The molecule has 4 heteroatoms. The third kappa shape index (κ3) is 5.30. The highest BCUT2D eigenvalue weighted by Crippen LogP contribution is 2.46. The van der Waals surface area contributed by atoms with Gasteiger partial charge in [0.15, 0.2) is 0 Å². The van der Waals surface area contributed by atoms with Crippen LogP contribution >= 0.6 is 11.3 Å². The van der Waals surface area contributed by atoms with Crippen LogP contribution in [0.15, 0.2) is 191 Å². The lowest BCUT2D eigenvalue weighted by Gasteiger charge is -2.25. The molecule has 0 aliphatic carbocycles. The number of benzene rings is 10. The number of hydrogen-bond acceptors (Lipinski definition) is 4. The van der Waals surface area contributed by atoms with E-state index in [-0.39, 0.29) is 5.41 Å². The molecule has 0 aliphatic heterocycles. The third-order valence-electron chi connectivity index (χ3n) is 13.0. The average molecular weight is 814 g/mol. The quantitative estimate of drug-likeness (QED) is 0.166. The fourth-order valence-electron chi connectivity index (χ4n) is 9.90. The van der Waals surface area contributed by atoms with Gasteiger partial charge in [0.25, 0.3) is 0 Å². The topological polar surface area (TPSA) is 29.5 Å². The highest BCUT2D eigenvalue weighted by molar-refractivity contribution is 7.26. The van der Waals surface area contributed by atoms with Crippen LogP contribution in [0, 0.1) is 0 Å². The molecule has 0 aliphatic rings. The summed E-state index contributed by atoms with van der Waals surface area (Å²) in [6, 6.07) is 66.4. The van der Waals surface area contributed by atoms with Gasteiger partial charge >= 0.3 is 0 Å². The van der Waals surface area contributed by atoms with E-state index in [0.29, 0.717) is 0 Å². The van der Waals surface area contributed by atoms with E-state index in [1.807, 2.05) is 23.5 Å². The lowest BCUT2D eigenvalue weighted by Crippen LogP contribution is -2.10. The largest absolute Gasteiger partial charge is 0.456 e. The molecule has 0 fully saturated rings. The Morgan fingerprint density at radius 3 is 1.60 bits per heavy atom. The third-order valence-corrected chi connectivity index (χ3v) is 14.1. The molecular weight excluding hydrogens is 775 g/mol. The summed E-state index contributed by atoms with van der Waals surface area (Å²) < 4.78 is 15.6. The van der Waals surface area contributed by atoms with Crippen LogP contribution in [0.4, 0.5) is 17.1 Å². The minimum Gasteiger partial charge on any atom is -0.456 e. The van der Waals surface area contributed by atoms with Crippen molar-refractivity contribution in [3.63, 3.8) is 0 Å². The highest BCUT2D eigenvalue weighted by atomic mass is 32.1. The van der Waals surface area contributed by atoms with Crippen LogP contribution in [0.1, 0.15) is 26.3 Å². The number of hydrogen-bond donors (Lipinski definition) is 0. The van der Waals surface area contributed by atoms with Crippen molar-refractivity contribution in [3.05, 3.63) is 188 Å². The first-order chi connectivity index (χ1) is 30.3. The lowest BCUT2D eigenvalue weighted by atomic mass is 9.86. The van der Waals surface area contributed by atoms with E-state index >= 15 is 0 Å². The van der Waals surface area contributed by atoms with E-state index in [9.17, 15) is 0 Å². The van der Waals surface area contributed by atoms with Gasteiger partial charge in [-0.1, -0.05) is 136 Å². The summed E-state index contributed by atoms with van der Waals surface area (Å²) in [6.07, 6.45) is 0. The van der Waals surface area contributed by atoms with Crippen LogP contribution in [0.5, 0.6) is 0 Å². The zero-order valence-electron chi connectivity index (χ0n) is 34.5. The minimum absolute atomic E-state index is 0.0856. The number of nitrogens with zero attached hydrogens (tertiary/aromatic N) is 1. The molecule has 0 unspecified atom stereocenters. The molecular formula is C58H39NO2S. The first kappa shape index (κ1) is 35.4. The molecule has 0 bridgehead atoms. The molecule has 0 spiro atoms. The molecule has 0 N–H and O–H groups in total. The molecule has 0 radical (unpaired) electrons. The van der Waals surface area contributed by atoms with Gasteiger partial charge in [-0.2, -0.15) is 0 Å². The molecule has 62 heavy (non-hydrogen) atoms. The molecule has 13 aromatic rings. The lowest BCUT2D eigenvalue weighted by molar-refractivity contribution is 0.590. The summed E-state index contributed by atoms with van der Waals surface area (Å²) in [7, 11) is 0. The van der Waals surface area contributed by atoms with Crippen molar-refractivity contribution < 1.29 is 8.83 Å². The maximum atomic E-state index is 6.73. The maximum absolute atomic E-state index is 6.73. The Bertz CT molecular complexity index is 3970. The van der Waals surface area contributed by atoms with Gasteiger partial charge in [-0.25, -0.2) is 0 Å². The fourth-order valence-corrected chi connectivity index (χ4v) is 11.1. The summed E-state index contributed by atoms with van der Waals surface area (Å²) >= 11 is 1.87. The summed E-state index contributed by atoms with van der Waals surface area (Å²) in [5.41, 5.74) is 10.4. The second kappa shape index (κ2) is 13.1. The Labute approximate surface area is 361 Å². The van der Waals surface area contributed by atoms with Crippen molar-refractivity contribution >= 4 is 125 Å². The van der Waals surface area contributed by atoms with Gasteiger partial charge in [0.2, 0.25) is 0 Å². The summed E-state index contributed by atoms with van der Waals surface area (Å²) in [6.45, 7) is 6.76. The zero-order chi connectivity index (χ0) is 41.3. The van der Waals surface area contributed by atoms with Crippen LogP contribution in [-0.2, 0) is 5.41 Å². The van der Waals surface area contributed by atoms with E-state index in [1.165, 1.54) is 58.1 Å². The average Bonchev–Trinajstić information content (AvgIpc) is 3.99. The molecule has 0 saturated heterocycles. The Kier molecular flexibility index (Phi) is 7.44. The SMILES string of the molecule is CC(C)(C)c1ccc(-c2cccc3c2oc2ccc(N(c4ccc5c(c4)sc4cc6c7ccccc7c7ccccc7c6cc45)c4ccc5oc6ccccc6c5c4)cc23)cc1. The van der Waals surface area contributed by atoms with Gasteiger partial charge in [0.05, 0.1) is 0 Å². The van der Waals surface area contributed by atoms with E-state index in [2.05, 4.69) is 196 Å². The van der Waals surface area contributed by atoms with Crippen molar-refractivity contribution in [2.24, 2.45) is 0 Å². The Morgan fingerprint density at radius 2 is 0.903 bits per heavy atom. The summed E-state index contributed by atoms with van der Waals surface area (Å²) in [5, 5.41) is 14.7. The number of rotatable bonds is 4. The molecule has 294 valence electrons. The van der Waals surface area contributed by atoms with Gasteiger partial charge < -0.3 is 13.7 Å². The van der Waals surface area contributed by atoms with Crippen LogP contribution in [0.2, 0.25) is 0 Å². The molecule has 3 nitrogen and oxygen atoms in total. The van der Waals surface area contributed by atoms with Crippen molar-refractivity contribution in [3.8, 4) is 11.1 Å². The summed E-state index contributed by atoms with van der Waals surface area (Å²) in [5.74, 6) is 0. The molecule has 3 heterocycles. The summed E-state index contributed by atoms with van der Waals surface area (Å²) in [4.78, 5) is 2.38. The normalized spacial score (nSPS) is 12.4. The number of fused-ring (bicyclic) bond motifs is 15. The smallest absolute Gasteiger partial charge is 0.143 e. The number of anilines is 3. The van der Waals surface area contributed by atoms with Gasteiger partial charge in [-0.3, -0.25) is 0 Å². The second-order valence-corrected chi connectivity index (χ2v) is 18.8. The van der Waals surface area contributed by atoms with Gasteiger partial charge in [0.1, 0.15) is 22.3 Å². The second-order valence-electron chi connectivity index (χ2n) is 17.7. The Balaban J connectivity index is 1.01. The van der Waals surface area contributed by atoms with E-state index in [1.54, 1.807) is 0 Å². The van der Waals surface area contributed by atoms with E-state index < -0.39 is 0 Å². The molecule has 3 aromatic heterocycles. The Morgan fingerprint density at radius 1 is 0.371 bits per heavy atom. The van der Waals surface area contributed by atoms with Crippen LogP contribution in [0.25, 0.3) is 107 Å². The van der Waals surface area contributed by atoms with Crippen molar-refractivity contribution in [1.29, 1.82) is 0 Å². The molecule has 0 amide bonds. The number of thiophene rings is 1. The van der Waals surface area contributed by atoms with Gasteiger partial charge in [-0.15, -0.1) is 11.3 Å².